The molecule has 0 radical (unpaired) electrons. The van der Waals surface area contributed by atoms with Crippen molar-refractivity contribution in [2.45, 2.75) is 69.5 Å². The maximum absolute atomic E-state index is 12.6. The lowest BCUT2D eigenvalue weighted by molar-refractivity contribution is -0.117. The monoisotopic (exact) mass is 363 g/mol. The van der Waals surface area contributed by atoms with Gasteiger partial charge in [0, 0.05) is 23.7 Å². The molecular weight excluding hydrogens is 338 g/mol. The van der Waals surface area contributed by atoms with E-state index in [0.29, 0.717) is 25.0 Å². The van der Waals surface area contributed by atoms with Crippen LogP contribution in [-0.4, -0.2) is 32.1 Å². The van der Waals surface area contributed by atoms with Crippen molar-refractivity contribution >= 4 is 11.6 Å². The molecular formula is C21H25N5O. The van der Waals surface area contributed by atoms with Gasteiger partial charge >= 0.3 is 0 Å². The maximum atomic E-state index is 12.6. The molecule has 27 heavy (non-hydrogen) atoms. The first-order valence-corrected chi connectivity index (χ1v) is 10.4. The Morgan fingerprint density at radius 1 is 1.11 bits per heavy atom. The van der Waals surface area contributed by atoms with Gasteiger partial charge in [0.25, 0.3) is 0 Å². The summed E-state index contributed by atoms with van der Waals surface area (Å²) in [5.41, 5.74) is 3.72. The molecule has 140 valence electrons. The first kappa shape index (κ1) is 15.8. The Morgan fingerprint density at radius 2 is 2.00 bits per heavy atom. The molecule has 2 saturated carbocycles. The van der Waals surface area contributed by atoms with E-state index in [1.165, 1.54) is 49.1 Å². The molecule has 6 heteroatoms. The number of aryl methyl sites for hydroxylation is 1. The zero-order valence-electron chi connectivity index (χ0n) is 15.5. The fourth-order valence-electron chi connectivity index (χ4n) is 4.96. The first-order valence-electron chi connectivity index (χ1n) is 10.4. The van der Waals surface area contributed by atoms with Crippen LogP contribution in [0.25, 0.3) is 0 Å². The number of rotatable bonds is 4. The predicted octanol–water partition coefficient (Wildman–Crippen LogP) is 3.32. The van der Waals surface area contributed by atoms with E-state index in [1.807, 2.05) is 0 Å². The summed E-state index contributed by atoms with van der Waals surface area (Å²) in [5.74, 6) is 2.94. The van der Waals surface area contributed by atoms with Gasteiger partial charge in [0.2, 0.25) is 5.91 Å². The van der Waals surface area contributed by atoms with Crippen LogP contribution in [-0.2, 0) is 17.8 Å². The van der Waals surface area contributed by atoms with Crippen LogP contribution in [0.4, 0.5) is 5.69 Å². The molecule has 1 aliphatic heterocycles. The molecule has 1 N–H and O–H groups in total. The highest BCUT2D eigenvalue weighted by molar-refractivity contribution is 5.94. The first-order chi connectivity index (χ1) is 13.3. The van der Waals surface area contributed by atoms with Gasteiger partial charge < -0.3 is 9.88 Å². The van der Waals surface area contributed by atoms with Crippen LogP contribution < -0.4 is 5.32 Å². The highest BCUT2D eigenvalue weighted by Crippen LogP contribution is 2.46. The average molecular weight is 363 g/mol. The smallest absolute Gasteiger partial charge is 0.238 e. The van der Waals surface area contributed by atoms with Crippen LogP contribution in [0.15, 0.2) is 18.2 Å². The number of hydrogen-bond donors (Lipinski definition) is 1. The Hall–Kier alpha value is -2.21. The van der Waals surface area contributed by atoms with Crippen molar-refractivity contribution in [3.8, 4) is 0 Å². The number of amides is 1. The Kier molecular flexibility index (Phi) is 3.45. The van der Waals surface area contributed by atoms with Gasteiger partial charge in [-0.05, 0) is 62.1 Å². The predicted molar refractivity (Wildman–Crippen MR) is 101 cm³/mol. The van der Waals surface area contributed by atoms with E-state index in [1.54, 1.807) is 0 Å². The minimum Gasteiger partial charge on any atom is -0.325 e. The lowest BCUT2D eigenvalue weighted by atomic mass is 9.86. The minimum atomic E-state index is 0.0812. The van der Waals surface area contributed by atoms with E-state index < -0.39 is 0 Å². The molecule has 1 unspecified atom stereocenters. The van der Waals surface area contributed by atoms with Crippen LogP contribution in [0.2, 0.25) is 0 Å². The summed E-state index contributed by atoms with van der Waals surface area (Å²) >= 11 is 0. The largest absolute Gasteiger partial charge is 0.325 e. The Labute approximate surface area is 159 Å². The molecule has 2 heterocycles. The fraction of sp³-hybridized carbons (Fsp3) is 0.571. The van der Waals surface area contributed by atoms with Gasteiger partial charge in [0.15, 0.2) is 0 Å². The van der Waals surface area contributed by atoms with Gasteiger partial charge in [-0.15, -0.1) is 10.2 Å². The number of nitrogens with zero attached hydrogens (tertiary/aromatic N) is 4. The van der Waals surface area contributed by atoms with Crippen LogP contribution in [0, 0.1) is 0 Å². The Morgan fingerprint density at radius 3 is 2.81 bits per heavy atom. The van der Waals surface area contributed by atoms with E-state index in [4.69, 9.17) is 0 Å². The highest BCUT2D eigenvalue weighted by atomic mass is 16.2. The summed E-state index contributed by atoms with van der Waals surface area (Å²) in [5, 5.41) is 12.3. The number of hydrogen-bond acceptors (Lipinski definition) is 4. The van der Waals surface area contributed by atoms with Crippen LogP contribution >= 0.6 is 0 Å². The minimum absolute atomic E-state index is 0.0812. The fourth-order valence-corrected chi connectivity index (χ4v) is 4.96. The summed E-state index contributed by atoms with van der Waals surface area (Å²) in [7, 11) is 0. The molecule has 4 aliphatic rings. The second kappa shape index (κ2) is 5.89. The average Bonchev–Trinajstić information content (AvgIpc) is 3.58. The molecule has 1 amide bonds. The quantitative estimate of drug-likeness (QED) is 0.905. The van der Waals surface area contributed by atoms with E-state index in [2.05, 4.69) is 43.2 Å². The highest BCUT2D eigenvalue weighted by Gasteiger charge is 2.38. The lowest BCUT2D eigenvalue weighted by Crippen LogP contribution is -2.35. The van der Waals surface area contributed by atoms with Crippen molar-refractivity contribution in [1.82, 2.24) is 19.7 Å². The molecule has 1 aromatic heterocycles. The van der Waals surface area contributed by atoms with Crippen molar-refractivity contribution in [2.75, 3.05) is 11.9 Å². The van der Waals surface area contributed by atoms with Crippen LogP contribution in [0.5, 0.6) is 0 Å². The molecule has 6 rings (SSSR count). The second-order valence-corrected chi connectivity index (χ2v) is 8.59. The van der Waals surface area contributed by atoms with Crippen molar-refractivity contribution in [3.63, 3.8) is 0 Å². The van der Waals surface area contributed by atoms with Crippen molar-refractivity contribution in [1.29, 1.82) is 0 Å². The third-order valence-electron chi connectivity index (χ3n) is 6.51. The van der Waals surface area contributed by atoms with Gasteiger partial charge in [-0.3, -0.25) is 9.69 Å². The number of nitrogens with one attached hydrogen (secondary N) is 1. The molecule has 0 saturated heterocycles. The Balaban J connectivity index is 1.38. The molecule has 1 atom stereocenters. The summed E-state index contributed by atoms with van der Waals surface area (Å²) < 4.78 is 2.41. The van der Waals surface area contributed by atoms with Crippen molar-refractivity contribution in [2.24, 2.45) is 0 Å². The number of carbonyl (C=O) groups excluding carboxylic acids is 1. The molecule has 0 bridgehead atoms. The van der Waals surface area contributed by atoms with E-state index in [9.17, 15) is 4.79 Å². The van der Waals surface area contributed by atoms with Gasteiger partial charge in [-0.1, -0.05) is 12.1 Å². The second-order valence-electron chi connectivity index (χ2n) is 8.59. The molecule has 1 aromatic carbocycles. The summed E-state index contributed by atoms with van der Waals surface area (Å²) in [6.07, 6.45) is 8.35. The standard InChI is InChI=1S/C21H25N5O/c27-19-12-25(17-6-2-4-13-3-1-5-16(22-19)20(13)17)11-18-23-24-21(14-7-8-14)26(18)15-9-10-15/h1,3,5,14-15,17H,2,4,6-12H2,(H,22,27). The molecule has 3 aliphatic carbocycles. The SMILES string of the molecule is O=C1CN(Cc2nnc(C3CC3)n2C2CC2)C2CCCc3cccc(c32)N1. The Bertz CT molecular complexity index is 911. The van der Waals surface area contributed by atoms with E-state index in [0.717, 1.165) is 24.4 Å². The maximum Gasteiger partial charge on any atom is 0.238 e. The summed E-state index contributed by atoms with van der Waals surface area (Å²) in [6.45, 7) is 1.14. The van der Waals surface area contributed by atoms with Crippen LogP contribution in [0.1, 0.15) is 79.3 Å². The third-order valence-corrected chi connectivity index (χ3v) is 6.51. The third kappa shape index (κ3) is 2.69. The summed E-state index contributed by atoms with van der Waals surface area (Å²) in [6, 6.07) is 7.21. The molecule has 0 spiro atoms. The summed E-state index contributed by atoms with van der Waals surface area (Å²) in [4.78, 5) is 14.9. The topological polar surface area (TPSA) is 63.1 Å². The zero-order chi connectivity index (χ0) is 18.0. The number of benzene rings is 1. The number of carbonyl (C=O) groups is 1. The normalized spacial score (nSPS) is 25.0. The van der Waals surface area contributed by atoms with Crippen LogP contribution in [0.3, 0.4) is 0 Å². The number of aromatic nitrogens is 3. The molecule has 2 aromatic rings. The number of anilines is 1. The zero-order valence-corrected chi connectivity index (χ0v) is 15.5. The molecule has 6 nitrogen and oxygen atoms in total. The van der Waals surface area contributed by atoms with E-state index >= 15 is 0 Å². The van der Waals surface area contributed by atoms with Gasteiger partial charge in [0.05, 0.1) is 13.1 Å². The van der Waals surface area contributed by atoms with Gasteiger partial charge in [0.1, 0.15) is 11.6 Å². The van der Waals surface area contributed by atoms with Gasteiger partial charge in [-0.25, -0.2) is 0 Å². The molecule has 2 fully saturated rings. The van der Waals surface area contributed by atoms with Gasteiger partial charge in [-0.2, -0.15) is 0 Å². The lowest BCUT2D eigenvalue weighted by Gasteiger charge is -2.34. The van der Waals surface area contributed by atoms with Crippen molar-refractivity contribution in [3.05, 3.63) is 41.0 Å². The van der Waals surface area contributed by atoms with Crippen molar-refractivity contribution < 1.29 is 4.79 Å². The van der Waals surface area contributed by atoms with E-state index in [-0.39, 0.29) is 11.9 Å².